The Hall–Kier alpha value is -3.60. The Bertz CT molecular complexity index is 1130. The summed E-state index contributed by atoms with van der Waals surface area (Å²) in [5.74, 6) is -6.23. The molecule has 0 radical (unpaired) electrons. The number of furan rings is 1. The van der Waals surface area contributed by atoms with Gasteiger partial charge in [0.1, 0.15) is 6.54 Å². The van der Waals surface area contributed by atoms with Gasteiger partial charge in [-0.25, -0.2) is 13.2 Å². The van der Waals surface area contributed by atoms with Crippen molar-refractivity contribution in [1.29, 1.82) is 0 Å². The van der Waals surface area contributed by atoms with Gasteiger partial charge in [-0.3, -0.25) is 14.4 Å². The number of hydrogen-bond acceptors (Lipinski definition) is 5. The molecule has 168 valence electrons. The number of halogens is 3. The van der Waals surface area contributed by atoms with Crippen molar-refractivity contribution < 1.29 is 32.0 Å². The summed E-state index contributed by atoms with van der Waals surface area (Å²) in [4.78, 5) is 38.7. The molecule has 2 aromatic heterocycles. The molecule has 11 heteroatoms. The number of thiophene rings is 1. The number of hydrogen-bond donors (Lipinski definition) is 2. The standard InChI is InChI=1S/C21H18F3N3O4S/c1-2-9-27(11-16(28)25-13-6-5-12(22)18(23)19(13)24)21(30)15-7-8-17(32-15)26-20(29)14-4-3-10-31-14/h3-8,10H,2,9,11H2,1H3,(H,25,28)(H,26,29). The SMILES string of the molecule is CCCN(CC(=O)Nc1ccc(F)c(F)c1F)C(=O)c1ccc(NC(=O)c2ccco2)s1. The molecule has 0 saturated carbocycles. The molecule has 1 aromatic carbocycles. The van der Waals surface area contributed by atoms with Crippen LogP contribution in [0.25, 0.3) is 0 Å². The predicted molar refractivity (Wildman–Crippen MR) is 112 cm³/mol. The second-order valence-electron chi connectivity index (χ2n) is 6.59. The van der Waals surface area contributed by atoms with E-state index in [9.17, 15) is 27.6 Å². The summed E-state index contributed by atoms with van der Waals surface area (Å²) in [6.07, 6.45) is 1.89. The van der Waals surface area contributed by atoms with E-state index in [0.717, 1.165) is 17.4 Å². The molecule has 0 fully saturated rings. The number of nitrogens with zero attached hydrogens (tertiary/aromatic N) is 1. The molecule has 2 heterocycles. The number of amides is 3. The third kappa shape index (κ3) is 5.35. The smallest absolute Gasteiger partial charge is 0.291 e. The van der Waals surface area contributed by atoms with E-state index in [4.69, 9.17) is 4.42 Å². The molecule has 3 aromatic rings. The summed E-state index contributed by atoms with van der Waals surface area (Å²) in [6.45, 7) is 1.59. The van der Waals surface area contributed by atoms with Crippen molar-refractivity contribution in [3.05, 3.63) is 70.8 Å². The van der Waals surface area contributed by atoms with E-state index in [1.165, 1.54) is 23.3 Å². The van der Waals surface area contributed by atoms with Crippen molar-refractivity contribution in [2.75, 3.05) is 23.7 Å². The van der Waals surface area contributed by atoms with Crippen LogP contribution in [0.4, 0.5) is 23.9 Å². The Balaban J connectivity index is 1.67. The molecule has 0 aliphatic heterocycles. The van der Waals surface area contributed by atoms with Gasteiger partial charge in [-0.15, -0.1) is 11.3 Å². The molecule has 0 aliphatic carbocycles. The van der Waals surface area contributed by atoms with E-state index in [1.54, 1.807) is 19.1 Å². The van der Waals surface area contributed by atoms with E-state index < -0.39 is 47.4 Å². The average molecular weight is 465 g/mol. The van der Waals surface area contributed by atoms with Crippen molar-refractivity contribution in [3.63, 3.8) is 0 Å². The third-order valence-electron chi connectivity index (χ3n) is 4.22. The van der Waals surface area contributed by atoms with Gasteiger partial charge in [-0.1, -0.05) is 6.92 Å². The van der Waals surface area contributed by atoms with Gasteiger partial charge in [0, 0.05) is 6.54 Å². The Morgan fingerprint density at radius 2 is 1.81 bits per heavy atom. The van der Waals surface area contributed by atoms with Crippen LogP contribution < -0.4 is 10.6 Å². The summed E-state index contributed by atoms with van der Waals surface area (Å²) < 4.78 is 45.2. The van der Waals surface area contributed by atoms with Crippen molar-refractivity contribution in [2.45, 2.75) is 13.3 Å². The van der Waals surface area contributed by atoms with Gasteiger partial charge in [0.25, 0.3) is 11.8 Å². The van der Waals surface area contributed by atoms with E-state index in [0.29, 0.717) is 17.5 Å². The van der Waals surface area contributed by atoms with Gasteiger partial charge in [0.2, 0.25) is 5.91 Å². The van der Waals surface area contributed by atoms with Crippen LogP contribution >= 0.6 is 11.3 Å². The number of carbonyl (C=O) groups is 3. The normalized spacial score (nSPS) is 10.6. The Morgan fingerprint density at radius 3 is 2.50 bits per heavy atom. The van der Waals surface area contributed by atoms with Crippen molar-refractivity contribution in [1.82, 2.24) is 4.90 Å². The van der Waals surface area contributed by atoms with Crippen molar-refractivity contribution in [2.24, 2.45) is 0 Å². The molecule has 0 saturated heterocycles. The van der Waals surface area contributed by atoms with Crippen LogP contribution in [-0.2, 0) is 4.79 Å². The number of benzene rings is 1. The fourth-order valence-corrected chi connectivity index (χ4v) is 3.63. The topological polar surface area (TPSA) is 91.7 Å². The van der Waals surface area contributed by atoms with Crippen LogP contribution in [0.15, 0.2) is 47.1 Å². The molecule has 0 unspecified atom stereocenters. The summed E-state index contributed by atoms with van der Waals surface area (Å²) in [5.41, 5.74) is -0.531. The van der Waals surface area contributed by atoms with E-state index >= 15 is 0 Å². The number of carbonyl (C=O) groups excluding carboxylic acids is 3. The first-order valence-electron chi connectivity index (χ1n) is 9.47. The maximum atomic E-state index is 13.8. The summed E-state index contributed by atoms with van der Waals surface area (Å²) in [6, 6.07) is 7.68. The first kappa shape index (κ1) is 23.1. The van der Waals surface area contributed by atoms with Gasteiger partial charge in [0.05, 0.1) is 21.8 Å². The zero-order valence-corrected chi connectivity index (χ0v) is 17.6. The van der Waals surface area contributed by atoms with Gasteiger partial charge in [0.15, 0.2) is 23.2 Å². The quantitative estimate of drug-likeness (QED) is 0.479. The lowest BCUT2D eigenvalue weighted by atomic mass is 10.2. The van der Waals surface area contributed by atoms with Gasteiger partial charge in [-0.2, -0.15) is 0 Å². The summed E-state index contributed by atoms with van der Waals surface area (Å²) in [5, 5.41) is 5.15. The van der Waals surface area contributed by atoms with Crippen LogP contribution in [0.2, 0.25) is 0 Å². The fourth-order valence-electron chi connectivity index (χ4n) is 2.76. The third-order valence-corrected chi connectivity index (χ3v) is 5.21. The first-order valence-corrected chi connectivity index (χ1v) is 10.3. The molecule has 2 N–H and O–H groups in total. The molecule has 0 atom stereocenters. The number of rotatable bonds is 8. The summed E-state index contributed by atoms with van der Waals surface area (Å²) in [7, 11) is 0. The van der Waals surface area contributed by atoms with Gasteiger partial charge in [-0.05, 0) is 42.8 Å². The maximum Gasteiger partial charge on any atom is 0.291 e. The summed E-state index contributed by atoms with van der Waals surface area (Å²) >= 11 is 1.01. The van der Waals surface area contributed by atoms with Crippen LogP contribution in [-0.4, -0.2) is 35.7 Å². The van der Waals surface area contributed by atoms with Gasteiger partial charge >= 0.3 is 0 Å². The number of anilines is 2. The van der Waals surface area contributed by atoms with Crippen molar-refractivity contribution in [3.8, 4) is 0 Å². The molecule has 7 nitrogen and oxygen atoms in total. The lowest BCUT2D eigenvalue weighted by Crippen LogP contribution is -2.38. The lowest BCUT2D eigenvalue weighted by molar-refractivity contribution is -0.116. The van der Waals surface area contributed by atoms with E-state index in [1.807, 2.05) is 0 Å². The Kier molecular flexibility index (Phi) is 7.31. The minimum absolute atomic E-state index is 0.111. The highest BCUT2D eigenvalue weighted by Gasteiger charge is 2.22. The second-order valence-corrected chi connectivity index (χ2v) is 7.68. The molecular weight excluding hydrogens is 447 g/mol. The first-order chi connectivity index (χ1) is 15.3. The zero-order chi connectivity index (χ0) is 23.3. The second kappa shape index (κ2) is 10.1. The maximum absolute atomic E-state index is 13.8. The molecule has 32 heavy (non-hydrogen) atoms. The molecule has 0 spiro atoms. The van der Waals surface area contributed by atoms with Gasteiger partial charge < -0.3 is 20.0 Å². The highest BCUT2D eigenvalue weighted by molar-refractivity contribution is 7.18. The molecule has 0 aliphatic rings. The largest absolute Gasteiger partial charge is 0.459 e. The van der Waals surface area contributed by atoms with E-state index in [2.05, 4.69) is 10.6 Å². The Morgan fingerprint density at radius 1 is 1.03 bits per heavy atom. The average Bonchev–Trinajstić information content (AvgIpc) is 3.46. The number of nitrogens with one attached hydrogen (secondary N) is 2. The highest BCUT2D eigenvalue weighted by Crippen LogP contribution is 2.24. The molecule has 0 bridgehead atoms. The monoisotopic (exact) mass is 465 g/mol. The molecule has 3 amide bonds. The molecule has 3 rings (SSSR count). The Labute approximate surface area is 184 Å². The molecular formula is C21H18F3N3O4S. The fraction of sp³-hybridized carbons (Fsp3) is 0.190. The van der Waals surface area contributed by atoms with Crippen LogP contribution in [0, 0.1) is 17.5 Å². The van der Waals surface area contributed by atoms with Crippen LogP contribution in [0.5, 0.6) is 0 Å². The van der Waals surface area contributed by atoms with Crippen LogP contribution in [0.1, 0.15) is 33.6 Å². The predicted octanol–water partition coefficient (Wildman–Crippen LogP) is 4.50. The highest BCUT2D eigenvalue weighted by atomic mass is 32.1. The zero-order valence-electron chi connectivity index (χ0n) is 16.8. The lowest BCUT2D eigenvalue weighted by Gasteiger charge is -2.21. The van der Waals surface area contributed by atoms with Crippen LogP contribution in [0.3, 0.4) is 0 Å². The minimum Gasteiger partial charge on any atom is -0.459 e. The van der Waals surface area contributed by atoms with Crippen molar-refractivity contribution >= 4 is 39.7 Å². The minimum atomic E-state index is -1.70. The van der Waals surface area contributed by atoms with E-state index in [-0.39, 0.29) is 17.2 Å².